The average Bonchev–Trinajstić information content (AvgIpc) is 2.67. The van der Waals surface area contributed by atoms with Crippen LogP contribution in [0, 0.1) is 0 Å². The van der Waals surface area contributed by atoms with Gasteiger partial charge in [0, 0.05) is 6.20 Å². The first-order chi connectivity index (χ1) is 7.27. The molecule has 0 amide bonds. The largest absolute Gasteiger partial charge is 0.477 e. The van der Waals surface area contributed by atoms with E-state index in [1.807, 2.05) is 30.3 Å². The lowest BCUT2D eigenvalue weighted by Gasteiger charge is -2.00. The van der Waals surface area contributed by atoms with Gasteiger partial charge >= 0.3 is 5.97 Å². The van der Waals surface area contributed by atoms with E-state index < -0.39 is 5.97 Å². The Bertz CT molecular complexity index is 459. The van der Waals surface area contributed by atoms with E-state index in [1.165, 1.54) is 0 Å². The number of aromatic nitrogens is 1. The zero-order chi connectivity index (χ0) is 10.7. The third-order valence-corrected chi connectivity index (χ3v) is 2.28. The van der Waals surface area contributed by atoms with Crippen molar-refractivity contribution in [2.45, 2.75) is 6.42 Å². The summed E-state index contributed by atoms with van der Waals surface area (Å²) in [7, 11) is 0. The van der Waals surface area contributed by atoms with Gasteiger partial charge in [0.15, 0.2) is 0 Å². The number of benzene rings is 1. The molecule has 0 aliphatic heterocycles. The van der Waals surface area contributed by atoms with Gasteiger partial charge < -0.3 is 10.1 Å². The summed E-state index contributed by atoms with van der Waals surface area (Å²) in [5.74, 6) is -0.911. The minimum atomic E-state index is -0.911. The van der Waals surface area contributed by atoms with Crippen LogP contribution >= 0.6 is 0 Å². The van der Waals surface area contributed by atoms with Gasteiger partial charge in [0.2, 0.25) is 0 Å². The number of hydrogen-bond acceptors (Lipinski definition) is 1. The van der Waals surface area contributed by atoms with E-state index >= 15 is 0 Å². The summed E-state index contributed by atoms with van der Waals surface area (Å²) in [6.45, 7) is 0. The first kappa shape index (κ1) is 9.52. The quantitative estimate of drug-likeness (QED) is 0.800. The lowest BCUT2D eigenvalue weighted by atomic mass is 10.1. The SMILES string of the molecule is O=C(O)c1[nH]ccc1Cc1ccccc1. The second-order valence-corrected chi connectivity index (χ2v) is 3.35. The molecule has 1 heterocycles. The van der Waals surface area contributed by atoms with Crippen LogP contribution in [-0.4, -0.2) is 16.1 Å². The molecule has 1 aromatic heterocycles. The van der Waals surface area contributed by atoms with Gasteiger partial charge in [-0.15, -0.1) is 0 Å². The maximum Gasteiger partial charge on any atom is 0.352 e. The predicted octanol–water partition coefficient (Wildman–Crippen LogP) is 2.30. The highest BCUT2D eigenvalue weighted by Crippen LogP contribution is 2.12. The van der Waals surface area contributed by atoms with Crippen molar-refractivity contribution >= 4 is 5.97 Å². The fraction of sp³-hybridized carbons (Fsp3) is 0.0833. The van der Waals surface area contributed by atoms with Crippen LogP contribution < -0.4 is 0 Å². The minimum absolute atomic E-state index is 0.277. The first-order valence-corrected chi connectivity index (χ1v) is 4.71. The molecule has 0 saturated carbocycles. The molecule has 0 saturated heterocycles. The van der Waals surface area contributed by atoms with Crippen molar-refractivity contribution < 1.29 is 9.90 Å². The zero-order valence-electron chi connectivity index (χ0n) is 8.10. The summed E-state index contributed by atoms with van der Waals surface area (Å²) >= 11 is 0. The van der Waals surface area contributed by atoms with Gasteiger partial charge in [-0.05, 0) is 23.6 Å². The van der Waals surface area contributed by atoms with E-state index in [4.69, 9.17) is 5.11 Å². The third-order valence-electron chi connectivity index (χ3n) is 2.28. The smallest absolute Gasteiger partial charge is 0.352 e. The molecule has 0 bridgehead atoms. The number of aromatic amines is 1. The Labute approximate surface area is 87.4 Å². The van der Waals surface area contributed by atoms with Gasteiger partial charge in [0.25, 0.3) is 0 Å². The van der Waals surface area contributed by atoms with Gasteiger partial charge in [0.1, 0.15) is 5.69 Å². The van der Waals surface area contributed by atoms with Crippen molar-refractivity contribution in [3.8, 4) is 0 Å². The van der Waals surface area contributed by atoms with Crippen molar-refractivity contribution in [1.82, 2.24) is 4.98 Å². The fourth-order valence-corrected chi connectivity index (χ4v) is 1.56. The normalized spacial score (nSPS) is 10.1. The maximum atomic E-state index is 10.8. The molecular formula is C12H11NO2. The molecule has 15 heavy (non-hydrogen) atoms. The van der Waals surface area contributed by atoms with Gasteiger partial charge in [0.05, 0.1) is 0 Å². The topological polar surface area (TPSA) is 53.1 Å². The Morgan fingerprint density at radius 3 is 2.60 bits per heavy atom. The number of carboxylic acid groups (broad SMARTS) is 1. The number of rotatable bonds is 3. The second-order valence-electron chi connectivity index (χ2n) is 3.35. The molecule has 1 aromatic carbocycles. The molecule has 2 aromatic rings. The highest BCUT2D eigenvalue weighted by atomic mass is 16.4. The number of nitrogens with one attached hydrogen (secondary N) is 1. The number of carboxylic acids is 1. The van der Waals surface area contributed by atoms with Crippen LogP contribution in [0.15, 0.2) is 42.6 Å². The Kier molecular flexibility index (Phi) is 2.54. The Balaban J connectivity index is 2.25. The Hall–Kier alpha value is -2.03. The summed E-state index contributed by atoms with van der Waals surface area (Å²) in [4.78, 5) is 13.6. The molecule has 0 atom stereocenters. The van der Waals surface area contributed by atoms with Crippen molar-refractivity contribution in [2.75, 3.05) is 0 Å². The Morgan fingerprint density at radius 2 is 1.93 bits per heavy atom. The van der Waals surface area contributed by atoms with Crippen LogP contribution in [0.1, 0.15) is 21.6 Å². The van der Waals surface area contributed by atoms with E-state index in [-0.39, 0.29) is 5.69 Å². The molecule has 76 valence electrons. The Morgan fingerprint density at radius 1 is 1.20 bits per heavy atom. The van der Waals surface area contributed by atoms with Crippen LogP contribution in [0.4, 0.5) is 0 Å². The average molecular weight is 201 g/mol. The molecule has 0 radical (unpaired) electrons. The summed E-state index contributed by atoms with van der Waals surface area (Å²) in [5, 5.41) is 8.90. The molecule has 2 N–H and O–H groups in total. The number of H-pyrrole nitrogens is 1. The molecule has 0 aliphatic rings. The number of carbonyl (C=O) groups is 1. The molecule has 0 fully saturated rings. The van der Waals surface area contributed by atoms with Crippen molar-refractivity contribution in [3.05, 3.63) is 59.4 Å². The molecular weight excluding hydrogens is 190 g/mol. The third kappa shape index (κ3) is 2.07. The minimum Gasteiger partial charge on any atom is -0.477 e. The predicted molar refractivity (Wildman–Crippen MR) is 57.0 cm³/mol. The fourth-order valence-electron chi connectivity index (χ4n) is 1.56. The lowest BCUT2D eigenvalue weighted by molar-refractivity contribution is 0.0690. The first-order valence-electron chi connectivity index (χ1n) is 4.71. The van der Waals surface area contributed by atoms with Crippen molar-refractivity contribution in [3.63, 3.8) is 0 Å². The highest BCUT2D eigenvalue weighted by molar-refractivity contribution is 5.87. The van der Waals surface area contributed by atoms with Gasteiger partial charge in [-0.3, -0.25) is 0 Å². The molecule has 0 aliphatic carbocycles. The molecule has 3 nitrogen and oxygen atoms in total. The van der Waals surface area contributed by atoms with Crippen LogP contribution in [0.2, 0.25) is 0 Å². The van der Waals surface area contributed by atoms with E-state index in [9.17, 15) is 4.79 Å². The maximum absolute atomic E-state index is 10.8. The van der Waals surface area contributed by atoms with E-state index in [2.05, 4.69) is 4.98 Å². The van der Waals surface area contributed by atoms with Crippen molar-refractivity contribution in [2.24, 2.45) is 0 Å². The van der Waals surface area contributed by atoms with Gasteiger partial charge in [-0.25, -0.2) is 4.79 Å². The molecule has 0 unspecified atom stereocenters. The monoisotopic (exact) mass is 201 g/mol. The van der Waals surface area contributed by atoms with Crippen molar-refractivity contribution in [1.29, 1.82) is 0 Å². The number of aromatic carboxylic acids is 1. The zero-order valence-corrected chi connectivity index (χ0v) is 8.10. The van der Waals surface area contributed by atoms with Crippen LogP contribution in [0.3, 0.4) is 0 Å². The molecule has 0 spiro atoms. The van der Waals surface area contributed by atoms with Crippen LogP contribution in [-0.2, 0) is 6.42 Å². The van der Waals surface area contributed by atoms with Gasteiger partial charge in [-0.1, -0.05) is 30.3 Å². The summed E-state index contributed by atoms with van der Waals surface area (Å²) in [6, 6.07) is 11.6. The summed E-state index contributed by atoms with van der Waals surface area (Å²) in [5.41, 5.74) is 2.20. The molecule has 3 heteroatoms. The highest BCUT2D eigenvalue weighted by Gasteiger charge is 2.10. The van der Waals surface area contributed by atoms with E-state index in [0.717, 1.165) is 11.1 Å². The standard InChI is InChI=1S/C12H11NO2/c14-12(15)11-10(6-7-13-11)8-9-4-2-1-3-5-9/h1-7,13H,8H2,(H,14,15). The lowest BCUT2D eigenvalue weighted by Crippen LogP contribution is -2.01. The van der Waals surface area contributed by atoms with E-state index in [1.54, 1.807) is 12.3 Å². The summed E-state index contributed by atoms with van der Waals surface area (Å²) < 4.78 is 0. The van der Waals surface area contributed by atoms with Crippen LogP contribution in [0.25, 0.3) is 0 Å². The van der Waals surface area contributed by atoms with E-state index in [0.29, 0.717) is 6.42 Å². The summed E-state index contributed by atoms with van der Waals surface area (Å²) in [6.07, 6.45) is 2.30. The number of hydrogen-bond donors (Lipinski definition) is 2. The van der Waals surface area contributed by atoms with Crippen LogP contribution in [0.5, 0.6) is 0 Å². The molecule has 2 rings (SSSR count). The van der Waals surface area contributed by atoms with Gasteiger partial charge in [-0.2, -0.15) is 0 Å². The second kappa shape index (κ2) is 4.00.